The molecule has 0 saturated carbocycles. The summed E-state index contributed by atoms with van der Waals surface area (Å²) in [7, 11) is 0. The third kappa shape index (κ3) is 4.81. The lowest BCUT2D eigenvalue weighted by Crippen LogP contribution is -2.38. The monoisotopic (exact) mass is 292 g/mol. The van der Waals surface area contributed by atoms with Gasteiger partial charge in [0.15, 0.2) is 0 Å². The molecule has 2 rings (SSSR count). The van der Waals surface area contributed by atoms with Crippen LogP contribution in [-0.2, 0) is 11.2 Å². The molecule has 0 N–H and O–H groups in total. The van der Waals surface area contributed by atoms with Crippen LogP contribution in [0.4, 0.5) is 4.39 Å². The van der Waals surface area contributed by atoms with Crippen LogP contribution in [-0.4, -0.2) is 47.9 Å². The van der Waals surface area contributed by atoms with Gasteiger partial charge in [0, 0.05) is 39.1 Å². The summed E-state index contributed by atoms with van der Waals surface area (Å²) in [4.78, 5) is 15.8. The molecule has 1 aliphatic heterocycles. The van der Waals surface area contributed by atoms with Gasteiger partial charge in [-0.25, -0.2) is 4.39 Å². The number of carbonyl (C=O) groups is 1. The highest BCUT2D eigenvalue weighted by Gasteiger charge is 2.20. The first-order chi connectivity index (χ1) is 10.1. The van der Waals surface area contributed by atoms with E-state index in [1.54, 1.807) is 19.1 Å². The van der Waals surface area contributed by atoms with Crippen molar-refractivity contribution in [3.8, 4) is 0 Å². The molecule has 1 aromatic carbocycles. The van der Waals surface area contributed by atoms with E-state index in [2.05, 4.69) is 11.8 Å². The van der Waals surface area contributed by atoms with Crippen molar-refractivity contribution < 1.29 is 9.18 Å². The predicted molar refractivity (Wildman–Crippen MR) is 82.6 cm³/mol. The van der Waals surface area contributed by atoms with E-state index in [1.807, 2.05) is 11.0 Å². The summed E-state index contributed by atoms with van der Waals surface area (Å²) in [6, 6.07) is 7.31. The topological polar surface area (TPSA) is 23.6 Å². The number of amides is 1. The Morgan fingerprint density at radius 3 is 2.81 bits per heavy atom. The molecule has 1 aliphatic rings. The Morgan fingerprint density at radius 1 is 1.29 bits per heavy atom. The van der Waals surface area contributed by atoms with E-state index < -0.39 is 0 Å². The zero-order valence-corrected chi connectivity index (χ0v) is 13.0. The third-order valence-electron chi connectivity index (χ3n) is 4.34. The number of carbonyl (C=O) groups excluding carboxylic acids is 1. The molecule has 0 unspecified atom stereocenters. The Morgan fingerprint density at radius 2 is 2.10 bits per heavy atom. The fraction of sp³-hybridized carbons (Fsp3) is 0.588. The number of hydrogen-bond acceptors (Lipinski definition) is 2. The van der Waals surface area contributed by atoms with E-state index >= 15 is 0 Å². The molecule has 0 bridgehead atoms. The van der Waals surface area contributed by atoms with Gasteiger partial charge in [-0.3, -0.25) is 9.69 Å². The lowest BCUT2D eigenvalue weighted by molar-refractivity contribution is -0.128. The van der Waals surface area contributed by atoms with E-state index in [-0.39, 0.29) is 11.7 Å². The van der Waals surface area contributed by atoms with Gasteiger partial charge in [-0.2, -0.15) is 0 Å². The largest absolute Gasteiger partial charge is 0.342 e. The molecule has 1 heterocycles. The second-order valence-corrected chi connectivity index (χ2v) is 5.91. The average Bonchev–Trinajstić information content (AvgIpc) is 2.71. The van der Waals surface area contributed by atoms with E-state index in [9.17, 15) is 9.18 Å². The standard InChI is InChI=1S/C17H25FN2O/c1-14(7-8-16-5-3-6-17(18)13-16)19-9-4-10-20(12-11-19)15(2)21/h3,5-6,13-14H,4,7-12H2,1-2H3/t14-/m0/s1. The first kappa shape index (κ1) is 16.0. The van der Waals surface area contributed by atoms with Gasteiger partial charge < -0.3 is 4.90 Å². The highest BCUT2D eigenvalue weighted by atomic mass is 19.1. The maximum Gasteiger partial charge on any atom is 0.219 e. The van der Waals surface area contributed by atoms with E-state index in [0.717, 1.165) is 51.0 Å². The summed E-state index contributed by atoms with van der Waals surface area (Å²) in [6.45, 7) is 7.52. The van der Waals surface area contributed by atoms with Crippen molar-refractivity contribution in [2.24, 2.45) is 0 Å². The van der Waals surface area contributed by atoms with Crippen molar-refractivity contribution in [3.63, 3.8) is 0 Å². The molecule has 1 fully saturated rings. The molecular formula is C17H25FN2O. The number of hydrogen-bond donors (Lipinski definition) is 0. The first-order valence-electron chi connectivity index (χ1n) is 7.80. The van der Waals surface area contributed by atoms with Gasteiger partial charge >= 0.3 is 0 Å². The minimum absolute atomic E-state index is 0.160. The summed E-state index contributed by atoms with van der Waals surface area (Å²) >= 11 is 0. The second-order valence-electron chi connectivity index (χ2n) is 5.91. The summed E-state index contributed by atoms with van der Waals surface area (Å²) in [6.07, 6.45) is 2.94. The maximum absolute atomic E-state index is 13.2. The van der Waals surface area contributed by atoms with Crippen LogP contribution in [0, 0.1) is 5.82 Å². The minimum Gasteiger partial charge on any atom is -0.342 e. The van der Waals surface area contributed by atoms with Gasteiger partial charge in [0.25, 0.3) is 0 Å². The molecule has 1 saturated heterocycles. The van der Waals surface area contributed by atoms with Crippen LogP contribution in [0.15, 0.2) is 24.3 Å². The smallest absolute Gasteiger partial charge is 0.219 e. The Balaban J connectivity index is 1.83. The van der Waals surface area contributed by atoms with Crippen LogP contribution < -0.4 is 0 Å². The molecule has 1 aromatic rings. The maximum atomic E-state index is 13.2. The Kier molecular flexibility index (Phi) is 5.74. The average molecular weight is 292 g/mol. The highest BCUT2D eigenvalue weighted by Crippen LogP contribution is 2.13. The molecule has 0 aliphatic carbocycles. The molecule has 4 heteroatoms. The normalized spacial score (nSPS) is 18.3. The summed E-state index contributed by atoms with van der Waals surface area (Å²) in [5.41, 5.74) is 1.06. The SMILES string of the molecule is CC(=O)N1CCCN([C@@H](C)CCc2cccc(F)c2)CC1. The van der Waals surface area contributed by atoms with Gasteiger partial charge in [-0.05, 0) is 43.9 Å². The molecule has 1 amide bonds. The Labute approximate surface area is 126 Å². The second kappa shape index (κ2) is 7.55. The Hall–Kier alpha value is -1.42. The van der Waals surface area contributed by atoms with Crippen molar-refractivity contribution in [1.82, 2.24) is 9.80 Å². The summed E-state index contributed by atoms with van der Waals surface area (Å²) in [5.74, 6) is 0.0105. The van der Waals surface area contributed by atoms with Crippen LogP contribution >= 0.6 is 0 Å². The van der Waals surface area contributed by atoms with Crippen LogP contribution in [0.2, 0.25) is 0 Å². The van der Waals surface area contributed by atoms with Crippen molar-refractivity contribution in [2.45, 2.75) is 39.2 Å². The summed E-state index contributed by atoms with van der Waals surface area (Å²) in [5, 5.41) is 0. The molecule has 0 aromatic heterocycles. The Bertz CT molecular complexity index is 478. The first-order valence-corrected chi connectivity index (χ1v) is 7.80. The molecule has 3 nitrogen and oxygen atoms in total. The van der Waals surface area contributed by atoms with Gasteiger partial charge in [0.2, 0.25) is 5.91 Å². The zero-order valence-electron chi connectivity index (χ0n) is 13.0. The van der Waals surface area contributed by atoms with Crippen LogP contribution in [0.3, 0.4) is 0 Å². The van der Waals surface area contributed by atoms with E-state index in [4.69, 9.17) is 0 Å². The molecule has 0 radical (unpaired) electrons. The molecule has 116 valence electrons. The lowest BCUT2D eigenvalue weighted by atomic mass is 10.0. The highest BCUT2D eigenvalue weighted by molar-refractivity contribution is 5.73. The van der Waals surface area contributed by atoms with Crippen molar-refractivity contribution in [2.75, 3.05) is 26.2 Å². The van der Waals surface area contributed by atoms with Crippen molar-refractivity contribution in [3.05, 3.63) is 35.6 Å². The lowest BCUT2D eigenvalue weighted by Gasteiger charge is -2.27. The molecule has 21 heavy (non-hydrogen) atoms. The number of rotatable bonds is 4. The van der Waals surface area contributed by atoms with Crippen LogP contribution in [0.1, 0.15) is 32.3 Å². The minimum atomic E-state index is -0.160. The summed E-state index contributed by atoms with van der Waals surface area (Å²) < 4.78 is 13.2. The number of benzene rings is 1. The van der Waals surface area contributed by atoms with Crippen LogP contribution in [0.5, 0.6) is 0 Å². The third-order valence-corrected chi connectivity index (χ3v) is 4.34. The quantitative estimate of drug-likeness (QED) is 0.852. The molecule has 0 spiro atoms. The van der Waals surface area contributed by atoms with Gasteiger partial charge in [0.05, 0.1) is 0 Å². The van der Waals surface area contributed by atoms with E-state index in [0.29, 0.717) is 6.04 Å². The number of halogens is 1. The van der Waals surface area contributed by atoms with Gasteiger partial charge in [-0.15, -0.1) is 0 Å². The fourth-order valence-electron chi connectivity index (χ4n) is 2.94. The predicted octanol–water partition coefficient (Wildman–Crippen LogP) is 2.70. The number of nitrogens with zero attached hydrogens (tertiary/aromatic N) is 2. The number of aryl methyl sites for hydroxylation is 1. The van der Waals surface area contributed by atoms with Crippen molar-refractivity contribution in [1.29, 1.82) is 0 Å². The molecular weight excluding hydrogens is 267 g/mol. The zero-order chi connectivity index (χ0) is 15.2. The van der Waals surface area contributed by atoms with Gasteiger partial charge in [0.1, 0.15) is 5.82 Å². The van der Waals surface area contributed by atoms with Crippen LogP contribution in [0.25, 0.3) is 0 Å². The van der Waals surface area contributed by atoms with E-state index in [1.165, 1.54) is 6.07 Å². The molecule has 1 atom stereocenters. The van der Waals surface area contributed by atoms with Crippen molar-refractivity contribution >= 4 is 5.91 Å². The van der Waals surface area contributed by atoms with Gasteiger partial charge in [-0.1, -0.05) is 12.1 Å². The fourth-order valence-corrected chi connectivity index (χ4v) is 2.94.